The number of aliphatic hydroxyl groups excluding tert-OH is 2. The van der Waals surface area contributed by atoms with Crippen molar-refractivity contribution < 1.29 is 28.0 Å². The van der Waals surface area contributed by atoms with Crippen LogP contribution in [0.25, 0.3) is 0 Å². The Morgan fingerprint density at radius 3 is 1.65 bits per heavy atom. The number of hydrogen-bond acceptors (Lipinski definition) is 5. The largest absolute Gasteiger partial charge is 0.387 e. The Kier molecular flexibility index (Phi) is 25.9. The number of amides is 1. The lowest BCUT2D eigenvalue weighted by atomic mass is 10.0. The van der Waals surface area contributed by atoms with Gasteiger partial charge >= 0.3 is 0 Å². The van der Waals surface area contributed by atoms with Crippen molar-refractivity contribution >= 4 is 16.0 Å². The number of unbranched alkanes of at least 4 members (excludes halogenated alkanes) is 17. The van der Waals surface area contributed by atoms with Gasteiger partial charge in [-0.25, -0.2) is 0 Å². The first-order valence-corrected chi connectivity index (χ1v) is 17.8. The molecule has 3 atom stereocenters. The molecular weight excluding hydrogens is 526 g/mol. The van der Waals surface area contributed by atoms with Crippen molar-refractivity contribution in [2.75, 3.05) is 5.75 Å². The van der Waals surface area contributed by atoms with E-state index in [1.54, 1.807) is 6.08 Å². The molecule has 0 aromatic carbocycles. The zero-order valence-corrected chi connectivity index (χ0v) is 26.4. The fourth-order valence-electron chi connectivity index (χ4n) is 4.70. The Morgan fingerprint density at radius 2 is 1.12 bits per heavy atom. The highest BCUT2D eigenvalue weighted by molar-refractivity contribution is 7.85. The quantitative estimate of drug-likeness (QED) is 0.0429. The number of hydrogen-bond donors (Lipinski definition) is 4. The van der Waals surface area contributed by atoms with Crippen molar-refractivity contribution in [3.8, 4) is 0 Å². The summed E-state index contributed by atoms with van der Waals surface area (Å²) in [6.45, 7) is 4.44. The molecule has 0 bridgehead atoms. The van der Waals surface area contributed by atoms with E-state index in [9.17, 15) is 28.0 Å². The van der Waals surface area contributed by atoms with Gasteiger partial charge in [0.15, 0.2) is 0 Å². The number of carbonyl (C=O) groups excluding carboxylic acids is 1. The fourth-order valence-corrected chi connectivity index (χ4v) is 5.44. The van der Waals surface area contributed by atoms with Crippen molar-refractivity contribution in [1.82, 2.24) is 5.32 Å². The van der Waals surface area contributed by atoms with Gasteiger partial charge < -0.3 is 15.5 Å². The zero-order valence-electron chi connectivity index (χ0n) is 25.6. The van der Waals surface area contributed by atoms with Gasteiger partial charge in [0, 0.05) is 0 Å². The molecule has 0 aromatic heterocycles. The van der Waals surface area contributed by atoms with Crippen LogP contribution in [0.5, 0.6) is 0 Å². The Bertz CT molecular complexity index is 753. The second-order valence-corrected chi connectivity index (χ2v) is 12.7. The smallest absolute Gasteiger partial charge is 0.267 e. The predicted octanol–water partition coefficient (Wildman–Crippen LogP) is 7.43. The van der Waals surface area contributed by atoms with E-state index in [4.69, 9.17) is 0 Å². The van der Waals surface area contributed by atoms with Gasteiger partial charge in [-0.05, 0) is 32.1 Å². The minimum atomic E-state index is -4.44. The first kappa shape index (κ1) is 38.8. The van der Waals surface area contributed by atoms with Gasteiger partial charge in [-0.3, -0.25) is 9.35 Å². The number of allylic oxidation sites excluding steroid dienone is 3. The molecular formula is C32H61NO6S. The van der Waals surface area contributed by atoms with Gasteiger partial charge in [-0.15, -0.1) is 0 Å². The van der Waals surface area contributed by atoms with Crippen molar-refractivity contribution in [3.63, 3.8) is 0 Å². The molecule has 7 nitrogen and oxygen atoms in total. The highest BCUT2D eigenvalue weighted by Gasteiger charge is 2.27. The van der Waals surface area contributed by atoms with Crippen LogP contribution in [0.15, 0.2) is 24.3 Å². The van der Waals surface area contributed by atoms with Crippen molar-refractivity contribution in [1.29, 1.82) is 0 Å². The molecule has 0 radical (unpaired) electrons. The summed E-state index contributed by atoms with van der Waals surface area (Å²) in [4.78, 5) is 12.4. The van der Waals surface area contributed by atoms with E-state index in [0.29, 0.717) is 12.8 Å². The number of aliphatic hydroxyl groups is 2. The summed E-state index contributed by atoms with van der Waals surface area (Å²) in [6, 6.07) is -1.24. The average Bonchev–Trinajstić information content (AvgIpc) is 2.90. The zero-order chi connectivity index (χ0) is 29.9. The Balaban J connectivity index is 4.28. The average molecular weight is 588 g/mol. The lowest BCUT2D eigenvalue weighted by Gasteiger charge is -2.22. The second kappa shape index (κ2) is 26.7. The lowest BCUT2D eigenvalue weighted by Crippen LogP contribution is -2.50. The van der Waals surface area contributed by atoms with Crippen molar-refractivity contribution in [2.45, 2.75) is 167 Å². The van der Waals surface area contributed by atoms with Gasteiger partial charge in [-0.1, -0.05) is 141 Å². The van der Waals surface area contributed by atoms with Gasteiger partial charge in [-0.2, -0.15) is 8.42 Å². The van der Waals surface area contributed by atoms with E-state index in [1.807, 2.05) is 0 Å². The SMILES string of the molecule is CCCCCCCC/C=C/CC/C=C/C(O)C(CS(=O)(=O)O)NC(=O)C(O)CCCCCCCCCCCCC. The molecule has 0 saturated carbocycles. The molecule has 4 N–H and O–H groups in total. The summed E-state index contributed by atoms with van der Waals surface area (Å²) in [5, 5.41) is 23.1. The molecule has 8 heteroatoms. The molecule has 40 heavy (non-hydrogen) atoms. The minimum Gasteiger partial charge on any atom is -0.387 e. The van der Waals surface area contributed by atoms with Crippen LogP contribution in [0.2, 0.25) is 0 Å². The fraction of sp³-hybridized carbons (Fsp3) is 0.844. The Labute approximate surface area is 246 Å². The van der Waals surface area contributed by atoms with Crippen LogP contribution in [0, 0.1) is 0 Å². The molecule has 0 rings (SSSR count). The Morgan fingerprint density at radius 1 is 0.675 bits per heavy atom. The van der Waals surface area contributed by atoms with E-state index in [0.717, 1.165) is 32.1 Å². The maximum Gasteiger partial charge on any atom is 0.267 e. The van der Waals surface area contributed by atoms with Crippen LogP contribution < -0.4 is 5.32 Å². The highest BCUT2D eigenvalue weighted by Crippen LogP contribution is 2.13. The molecule has 0 aliphatic carbocycles. The van der Waals surface area contributed by atoms with Crippen LogP contribution >= 0.6 is 0 Å². The molecule has 0 heterocycles. The van der Waals surface area contributed by atoms with E-state index >= 15 is 0 Å². The van der Waals surface area contributed by atoms with Crippen LogP contribution in [0.4, 0.5) is 0 Å². The Hall–Kier alpha value is -1.22. The monoisotopic (exact) mass is 587 g/mol. The summed E-state index contributed by atoms with van der Waals surface area (Å²) in [5.41, 5.74) is 0. The number of nitrogens with one attached hydrogen (secondary N) is 1. The highest BCUT2D eigenvalue weighted by atomic mass is 32.2. The summed E-state index contributed by atoms with van der Waals surface area (Å²) >= 11 is 0. The van der Waals surface area contributed by atoms with Crippen LogP contribution in [0.3, 0.4) is 0 Å². The molecule has 0 saturated heterocycles. The molecule has 236 valence electrons. The third kappa shape index (κ3) is 25.7. The third-order valence-electron chi connectivity index (χ3n) is 7.24. The minimum absolute atomic E-state index is 0.276. The molecule has 0 fully saturated rings. The molecule has 0 aliphatic rings. The summed E-state index contributed by atoms with van der Waals surface area (Å²) in [5.74, 6) is -1.56. The molecule has 0 aromatic rings. The molecule has 0 aliphatic heterocycles. The topological polar surface area (TPSA) is 124 Å². The van der Waals surface area contributed by atoms with Crippen LogP contribution in [-0.4, -0.2) is 53.1 Å². The summed E-state index contributed by atoms with van der Waals surface area (Å²) < 4.78 is 32.2. The van der Waals surface area contributed by atoms with Gasteiger partial charge in [0.2, 0.25) is 5.91 Å². The van der Waals surface area contributed by atoms with Gasteiger partial charge in [0.25, 0.3) is 10.1 Å². The normalized spacial score (nSPS) is 14.6. The molecule has 3 unspecified atom stereocenters. The maximum atomic E-state index is 12.4. The second-order valence-electron chi connectivity index (χ2n) is 11.2. The lowest BCUT2D eigenvalue weighted by molar-refractivity contribution is -0.130. The van der Waals surface area contributed by atoms with Crippen molar-refractivity contribution in [3.05, 3.63) is 24.3 Å². The molecule has 1 amide bonds. The number of rotatable bonds is 28. The standard InChI is InChI=1S/C32H61NO6S/c1-3-5-7-9-11-13-15-17-18-20-22-24-26-30(34)29(28-40(37,38)39)33-32(36)31(35)27-25-23-21-19-16-14-12-10-8-6-4-2/h17-18,24,26,29-31,34-35H,3-16,19-23,25,27-28H2,1-2H3,(H,33,36)(H,37,38,39)/b18-17+,26-24+. The maximum absolute atomic E-state index is 12.4. The first-order valence-electron chi connectivity index (χ1n) is 16.1. The van der Waals surface area contributed by atoms with E-state index in [-0.39, 0.29) is 6.42 Å². The van der Waals surface area contributed by atoms with E-state index < -0.39 is 40.0 Å². The molecule has 0 spiro atoms. The summed E-state index contributed by atoms with van der Waals surface area (Å²) in [7, 11) is -4.44. The van der Waals surface area contributed by atoms with Gasteiger partial charge in [0.05, 0.1) is 17.9 Å². The van der Waals surface area contributed by atoms with Gasteiger partial charge in [0.1, 0.15) is 6.10 Å². The third-order valence-corrected chi connectivity index (χ3v) is 8.02. The number of carbonyl (C=O) groups is 1. The van der Waals surface area contributed by atoms with Crippen LogP contribution in [-0.2, 0) is 14.9 Å². The van der Waals surface area contributed by atoms with E-state index in [1.165, 1.54) is 89.5 Å². The van der Waals surface area contributed by atoms with Crippen molar-refractivity contribution in [2.24, 2.45) is 0 Å². The van der Waals surface area contributed by atoms with E-state index in [2.05, 4.69) is 31.3 Å². The first-order chi connectivity index (χ1) is 19.2. The van der Waals surface area contributed by atoms with Crippen LogP contribution in [0.1, 0.15) is 149 Å². The summed E-state index contributed by atoms with van der Waals surface area (Å²) in [6.07, 6.45) is 28.1. The predicted molar refractivity (Wildman–Crippen MR) is 167 cm³/mol.